The molecule has 0 saturated carbocycles. The van der Waals surface area contributed by atoms with E-state index in [0.717, 1.165) is 12.2 Å². The van der Waals surface area contributed by atoms with Gasteiger partial charge >= 0.3 is 0 Å². The fraction of sp³-hybridized carbons (Fsp3) is 0.357. The van der Waals surface area contributed by atoms with Crippen molar-refractivity contribution in [3.05, 3.63) is 53.6 Å². The second-order valence-corrected chi connectivity index (χ2v) is 4.25. The third-order valence-corrected chi connectivity index (χ3v) is 3.01. The second-order valence-electron chi connectivity index (χ2n) is 4.25. The molecule has 0 saturated heterocycles. The molecule has 0 amide bonds. The van der Waals surface area contributed by atoms with Gasteiger partial charge in [0.15, 0.2) is 0 Å². The average molecular weight is 229 g/mol. The van der Waals surface area contributed by atoms with E-state index in [1.54, 1.807) is 6.20 Å². The van der Waals surface area contributed by atoms with Crippen LogP contribution in [-0.2, 0) is 6.42 Å². The molecule has 90 valence electrons. The zero-order chi connectivity index (χ0) is 12.1. The number of nitrogens with two attached hydrogens (primary N) is 1. The van der Waals surface area contributed by atoms with Crippen molar-refractivity contribution in [2.45, 2.75) is 25.7 Å². The van der Waals surface area contributed by atoms with E-state index in [2.05, 4.69) is 41.2 Å². The first-order valence-corrected chi connectivity index (χ1v) is 6.13. The van der Waals surface area contributed by atoms with Crippen molar-refractivity contribution in [3.8, 4) is 0 Å². The van der Waals surface area contributed by atoms with Crippen molar-refractivity contribution < 1.29 is 0 Å². The van der Waals surface area contributed by atoms with Gasteiger partial charge in [-0.1, -0.05) is 37.6 Å². The molecule has 2 aromatic rings. The second kappa shape index (κ2) is 5.64. The van der Waals surface area contributed by atoms with Gasteiger partial charge < -0.3 is 10.7 Å². The van der Waals surface area contributed by atoms with Gasteiger partial charge in [-0.3, -0.25) is 0 Å². The molecule has 0 spiro atoms. The fourth-order valence-corrected chi connectivity index (χ4v) is 2.08. The van der Waals surface area contributed by atoms with E-state index in [1.807, 2.05) is 6.20 Å². The van der Waals surface area contributed by atoms with Gasteiger partial charge in [-0.15, -0.1) is 0 Å². The first-order valence-electron chi connectivity index (χ1n) is 6.13. The summed E-state index contributed by atoms with van der Waals surface area (Å²) in [7, 11) is 0. The Labute approximate surface area is 102 Å². The Morgan fingerprint density at radius 3 is 2.59 bits per heavy atom. The maximum absolute atomic E-state index is 5.83. The molecule has 3 heteroatoms. The summed E-state index contributed by atoms with van der Waals surface area (Å²) >= 11 is 0. The minimum atomic E-state index is 0.167. The molecule has 0 bridgehead atoms. The Balaban J connectivity index is 2.20. The van der Waals surface area contributed by atoms with Crippen molar-refractivity contribution in [1.82, 2.24) is 9.97 Å². The van der Waals surface area contributed by atoms with Crippen LogP contribution in [0.3, 0.4) is 0 Å². The summed E-state index contributed by atoms with van der Waals surface area (Å²) in [6.07, 6.45) is 5.92. The van der Waals surface area contributed by atoms with Gasteiger partial charge in [0.2, 0.25) is 0 Å². The van der Waals surface area contributed by atoms with Crippen LogP contribution in [0.4, 0.5) is 0 Å². The summed E-state index contributed by atoms with van der Waals surface area (Å²) in [6, 6.07) is 8.69. The molecule has 1 unspecified atom stereocenters. The minimum Gasteiger partial charge on any atom is -0.348 e. The largest absolute Gasteiger partial charge is 0.348 e. The van der Waals surface area contributed by atoms with Crippen LogP contribution in [0.2, 0.25) is 0 Å². The molecular formula is C14H19N3. The summed E-state index contributed by atoms with van der Waals surface area (Å²) in [6.45, 7) is 2.76. The Hall–Kier alpha value is -1.61. The van der Waals surface area contributed by atoms with E-state index in [-0.39, 0.29) is 5.92 Å². The number of aryl methyl sites for hydroxylation is 1. The van der Waals surface area contributed by atoms with E-state index in [9.17, 15) is 0 Å². The highest BCUT2D eigenvalue weighted by molar-refractivity contribution is 5.29. The third kappa shape index (κ3) is 2.74. The van der Waals surface area contributed by atoms with Gasteiger partial charge in [0, 0.05) is 18.9 Å². The Morgan fingerprint density at radius 2 is 2.06 bits per heavy atom. The minimum absolute atomic E-state index is 0.167. The molecule has 1 heterocycles. The summed E-state index contributed by atoms with van der Waals surface area (Å²) in [5, 5.41) is 0. The molecule has 1 atom stereocenters. The highest BCUT2D eigenvalue weighted by atomic mass is 14.9. The van der Waals surface area contributed by atoms with E-state index in [1.165, 1.54) is 17.5 Å². The Kier molecular flexibility index (Phi) is 3.94. The monoisotopic (exact) mass is 229 g/mol. The van der Waals surface area contributed by atoms with Crippen LogP contribution >= 0.6 is 0 Å². The van der Waals surface area contributed by atoms with Gasteiger partial charge in [0.05, 0.1) is 5.92 Å². The Bertz CT molecular complexity index is 431. The number of aromatic amines is 1. The van der Waals surface area contributed by atoms with Crippen molar-refractivity contribution in [1.29, 1.82) is 0 Å². The zero-order valence-electron chi connectivity index (χ0n) is 10.2. The van der Waals surface area contributed by atoms with E-state index < -0.39 is 0 Å². The van der Waals surface area contributed by atoms with Crippen molar-refractivity contribution in [2.24, 2.45) is 5.73 Å². The molecule has 0 radical (unpaired) electrons. The van der Waals surface area contributed by atoms with Crippen molar-refractivity contribution in [2.75, 3.05) is 6.54 Å². The molecule has 3 N–H and O–H groups in total. The molecule has 2 rings (SSSR count). The number of imidazole rings is 1. The first-order chi connectivity index (χ1) is 8.35. The predicted octanol–water partition coefficient (Wildman–Crippen LogP) is 2.45. The topological polar surface area (TPSA) is 54.7 Å². The third-order valence-electron chi connectivity index (χ3n) is 3.01. The highest BCUT2D eigenvalue weighted by Crippen LogP contribution is 2.21. The molecular weight excluding hydrogens is 210 g/mol. The molecule has 0 aliphatic carbocycles. The first kappa shape index (κ1) is 11.9. The van der Waals surface area contributed by atoms with Crippen LogP contribution in [-0.4, -0.2) is 16.5 Å². The lowest BCUT2D eigenvalue weighted by molar-refractivity contribution is 0.764. The summed E-state index contributed by atoms with van der Waals surface area (Å²) < 4.78 is 0. The van der Waals surface area contributed by atoms with Gasteiger partial charge in [-0.05, 0) is 17.5 Å². The zero-order valence-corrected chi connectivity index (χ0v) is 10.2. The van der Waals surface area contributed by atoms with E-state index in [0.29, 0.717) is 6.54 Å². The SMILES string of the molecule is CCCc1ccc(C(CN)c2ncc[nH]2)cc1. The average Bonchev–Trinajstić information content (AvgIpc) is 2.86. The molecule has 0 aliphatic rings. The fourth-order valence-electron chi connectivity index (χ4n) is 2.08. The summed E-state index contributed by atoms with van der Waals surface area (Å²) in [5.74, 6) is 1.11. The number of hydrogen-bond acceptors (Lipinski definition) is 2. The maximum Gasteiger partial charge on any atom is 0.114 e. The van der Waals surface area contributed by atoms with E-state index in [4.69, 9.17) is 5.73 Å². The van der Waals surface area contributed by atoms with Gasteiger partial charge in [-0.2, -0.15) is 0 Å². The van der Waals surface area contributed by atoms with Gasteiger partial charge in [-0.25, -0.2) is 4.98 Å². The normalized spacial score (nSPS) is 12.6. The van der Waals surface area contributed by atoms with Crippen molar-refractivity contribution >= 4 is 0 Å². The lowest BCUT2D eigenvalue weighted by atomic mass is 9.96. The van der Waals surface area contributed by atoms with E-state index >= 15 is 0 Å². The highest BCUT2D eigenvalue weighted by Gasteiger charge is 2.14. The van der Waals surface area contributed by atoms with Crippen LogP contribution in [0.5, 0.6) is 0 Å². The van der Waals surface area contributed by atoms with Crippen LogP contribution in [0.15, 0.2) is 36.7 Å². The number of nitrogens with zero attached hydrogens (tertiary/aromatic N) is 1. The quantitative estimate of drug-likeness (QED) is 0.827. The number of benzene rings is 1. The van der Waals surface area contributed by atoms with Crippen LogP contribution in [0, 0.1) is 0 Å². The van der Waals surface area contributed by atoms with Gasteiger partial charge in [0.1, 0.15) is 5.82 Å². The van der Waals surface area contributed by atoms with Crippen LogP contribution < -0.4 is 5.73 Å². The lowest BCUT2D eigenvalue weighted by Gasteiger charge is -2.13. The number of hydrogen-bond donors (Lipinski definition) is 2. The molecule has 3 nitrogen and oxygen atoms in total. The number of aromatic nitrogens is 2. The smallest absolute Gasteiger partial charge is 0.114 e. The molecule has 0 aliphatic heterocycles. The van der Waals surface area contributed by atoms with Gasteiger partial charge in [0.25, 0.3) is 0 Å². The van der Waals surface area contributed by atoms with Crippen molar-refractivity contribution in [3.63, 3.8) is 0 Å². The maximum atomic E-state index is 5.83. The lowest BCUT2D eigenvalue weighted by Crippen LogP contribution is -2.15. The summed E-state index contributed by atoms with van der Waals surface area (Å²) in [5.41, 5.74) is 8.44. The number of H-pyrrole nitrogens is 1. The number of rotatable bonds is 5. The standard InChI is InChI=1S/C14H19N3/c1-2-3-11-4-6-12(7-5-11)13(10-15)14-16-8-9-17-14/h4-9,13H,2-3,10,15H2,1H3,(H,16,17). The number of nitrogens with one attached hydrogen (secondary N) is 1. The molecule has 0 fully saturated rings. The van der Waals surface area contributed by atoms with Crippen LogP contribution in [0.1, 0.15) is 36.2 Å². The molecule has 1 aromatic heterocycles. The molecule has 1 aromatic carbocycles. The van der Waals surface area contributed by atoms with Crippen LogP contribution in [0.25, 0.3) is 0 Å². The Morgan fingerprint density at radius 1 is 1.29 bits per heavy atom. The molecule has 17 heavy (non-hydrogen) atoms. The predicted molar refractivity (Wildman–Crippen MR) is 69.9 cm³/mol. The summed E-state index contributed by atoms with van der Waals surface area (Å²) in [4.78, 5) is 7.42.